The van der Waals surface area contributed by atoms with Crippen molar-refractivity contribution >= 4 is 28.2 Å². The van der Waals surface area contributed by atoms with Crippen molar-refractivity contribution < 1.29 is 9.13 Å². The van der Waals surface area contributed by atoms with Gasteiger partial charge in [0.15, 0.2) is 15.9 Å². The first-order valence-corrected chi connectivity index (χ1v) is 7.94. The van der Waals surface area contributed by atoms with Crippen molar-refractivity contribution in [3.63, 3.8) is 0 Å². The molecule has 0 saturated carbocycles. The minimum atomic E-state index is -0.343. The third-order valence-electron chi connectivity index (χ3n) is 2.40. The second-order valence-electron chi connectivity index (χ2n) is 4.43. The van der Waals surface area contributed by atoms with E-state index in [0.29, 0.717) is 11.8 Å². The highest BCUT2D eigenvalue weighted by atomic mass is 32.2. The lowest BCUT2D eigenvalue weighted by Gasteiger charge is -2.04. The van der Waals surface area contributed by atoms with Crippen LogP contribution in [0, 0.1) is 5.82 Å². The van der Waals surface area contributed by atoms with Crippen LogP contribution in [0.3, 0.4) is 0 Å². The zero-order chi connectivity index (χ0) is 14.5. The Kier molecular flexibility index (Phi) is 5.19. The van der Waals surface area contributed by atoms with Crippen molar-refractivity contribution in [2.24, 2.45) is 0 Å². The number of nitrogens with zero attached hydrogens (tertiary/aromatic N) is 2. The summed E-state index contributed by atoms with van der Waals surface area (Å²) in [7, 11) is 1.46. The number of thioether (sulfide) groups is 1. The molecule has 2 rings (SSSR count). The van der Waals surface area contributed by atoms with Crippen LogP contribution in [0.15, 0.2) is 22.5 Å². The van der Waals surface area contributed by atoms with Crippen molar-refractivity contribution in [1.82, 2.24) is 10.2 Å². The average molecular weight is 313 g/mol. The first-order valence-electron chi connectivity index (χ1n) is 6.13. The van der Waals surface area contributed by atoms with Gasteiger partial charge in [0.1, 0.15) is 0 Å². The maximum atomic E-state index is 13.6. The second-order valence-corrected chi connectivity index (χ2v) is 6.63. The van der Waals surface area contributed by atoms with E-state index in [0.717, 1.165) is 15.0 Å². The molecular formula is C13H16FN3OS2. The Hall–Kier alpha value is -1.34. The molecule has 7 heteroatoms. The zero-order valence-electron chi connectivity index (χ0n) is 11.5. The second kappa shape index (κ2) is 6.90. The summed E-state index contributed by atoms with van der Waals surface area (Å²) in [6.45, 7) is 4.10. The molecular weight excluding hydrogens is 297 g/mol. The van der Waals surface area contributed by atoms with Gasteiger partial charge in [-0.2, -0.15) is 0 Å². The van der Waals surface area contributed by atoms with E-state index < -0.39 is 0 Å². The molecule has 0 atom stereocenters. The van der Waals surface area contributed by atoms with Crippen LogP contribution in [0.2, 0.25) is 0 Å². The standard InChI is InChI=1S/C13H16FN3OS2/c1-8(2)15-12-16-17-13(20-12)19-7-9-4-5-11(18-3)10(14)6-9/h4-6,8H,7H2,1-3H3,(H,15,16). The molecule has 0 fully saturated rings. The summed E-state index contributed by atoms with van der Waals surface area (Å²) in [6.07, 6.45) is 0. The van der Waals surface area contributed by atoms with Gasteiger partial charge in [-0.25, -0.2) is 4.39 Å². The van der Waals surface area contributed by atoms with Gasteiger partial charge in [-0.05, 0) is 31.5 Å². The Morgan fingerprint density at radius 2 is 2.20 bits per heavy atom. The van der Waals surface area contributed by atoms with Crippen molar-refractivity contribution in [2.45, 2.75) is 30.0 Å². The average Bonchev–Trinajstić information content (AvgIpc) is 2.83. The quantitative estimate of drug-likeness (QED) is 0.822. The molecule has 1 heterocycles. The molecule has 0 aliphatic carbocycles. The summed E-state index contributed by atoms with van der Waals surface area (Å²) in [4.78, 5) is 0. The summed E-state index contributed by atoms with van der Waals surface area (Å²) < 4.78 is 19.3. The van der Waals surface area contributed by atoms with Gasteiger partial charge in [0.2, 0.25) is 5.13 Å². The summed E-state index contributed by atoms with van der Waals surface area (Å²) in [5, 5.41) is 12.2. The maximum Gasteiger partial charge on any atom is 0.206 e. The molecule has 4 nitrogen and oxygen atoms in total. The van der Waals surface area contributed by atoms with Gasteiger partial charge in [0.25, 0.3) is 0 Å². The molecule has 0 amide bonds. The summed E-state index contributed by atoms with van der Waals surface area (Å²) in [5.74, 6) is 0.570. The Balaban J connectivity index is 1.94. The third kappa shape index (κ3) is 4.08. The number of benzene rings is 1. The van der Waals surface area contributed by atoms with E-state index in [9.17, 15) is 4.39 Å². The monoisotopic (exact) mass is 313 g/mol. The van der Waals surface area contributed by atoms with Gasteiger partial charge < -0.3 is 10.1 Å². The van der Waals surface area contributed by atoms with Crippen LogP contribution in [-0.2, 0) is 5.75 Å². The van der Waals surface area contributed by atoms with Gasteiger partial charge in [0.05, 0.1) is 7.11 Å². The first kappa shape index (κ1) is 15.1. The van der Waals surface area contributed by atoms with Gasteiger partial charge in [-0.15, -0.1) is 10.2 Å². The van der Waals surface area contributed by atoms with E-state index in [1.165, 1.54) is 24.5 Å². The normalized spacial score (nSPS) is 10.8. The summed E-state index contributed by atoms with van der Waals surface area (Å²) in [6, 6.07) is 5.30. The molecule has 2 aromatic rings. The number of aromatic nitrogens is 2. The highest BCUT2D eigenvalue weighted by Crippen LogP contribution is 2.29. The predicted octanol–water partition coefficient (Wildman–Crippen LogP) is 3.80. The fraction of sp³-hybridized carbons (Fsp3) is 0.385. The number of rotatable bonds is 6. The van der Waals surface area contributed by atoms with Crippen molar-refractivity contribution in [1.29, 1.82) is 0 Å². The lowest BCUT2D eigenvalue weighted by atomic mass is 10.2. The van der Waals surface area contributed by atoms with Gasteiger partial charge >= 0.3 is 0 Å². The minimum absolute atomic E-state index is 0.262. The van der Waals surface area contributed by atoms with E-state index >= 15 is 0 Å². The third-order valence-corrected chi connectivity index (χ3v) is 4.46. The molecule has 0 spiro atoms. The van der Waals surface area contributed by atoms with Crippen LogP contribution in [-0.4, -0.2) is 23.3 Å². The highest BCUT2D eigenvalue weighted by molar-refractivity contribution is 8.00. The van der Waals surface area contributed by atoms with E-state index in [4.69, 9.17) is 4.74 Å². The molecule has 0 radical (unpaired) electrons. The van der Waals surface area contributed by atoms with Gasteiger partial charge in [0, 0.05) is 11.8 Å². The topological polar surface area (TPSA) is 47.0 Å². The number of halogens is 1. The molecule has 0 bridgehead atoms. The van der Waals surface area contributed by atoms with E-state index in [2.05, 4.69) is 15.5 Å². The SMILES string of the molecule is COc1ccc(CSc2nnc(NC(C)C)s2)cc1F. The largest absolute Gasteiger partial charge is 0.494 e. The number of ether oxygens (including phenoxy) is 1. The smallest absolute Gasteiger partial charge is 0.206 e. The maximum absolute atomic E-state index is 13.6. The predicted molar refractivity (Wildman–Crippen MR) is 81.2 cm³/mol. The number of hydrogen-bond acceptors (Lipinski definition) is 6. The summed E-state index contributed by atoms with van der Waals surface area (Å²) in [5.41, 5.74) is 0.891. The van der Waals surface area contributed by atoms with Crippen molar-refractivity contribution in [3.8, 4) is 5.75 Å². The number of anilines is 1. The number of nitrogens with one attached hydrogen (secondary N) is 1. The fourth-order valence-electron chi connectivity index (χ4n) is 1.52. The zero-order valence-corrected chi connectivity index (χ0v) is 13.1. The van der Waals surface area contributed by atoms with Gasteiger partial charge in [-0.3, -0.25) is 0 Å². The van der Waals surface area contributed by atoms with Crippen LogP contribution < -0.4 is 10.1 Å². The highest BCUT2D eigenvalue weighted by Gasteiger charge is 2.08. The molecule has 0 aliphatic heterocycles. The van der Waals surface area contributed by atoms with Crippen LogP contribution >= 0.6 is 23.1 Å². The van der Waals surface area contributed by atoms with E-state index in [-0.39, 0.29) is 11.6 Å². The van der Waals surface area contributed by atoms with Crippen molar-refractivity contribution in [2.75, 3.05) is 12.4 Å². The molecule has 1 aromatic carbocycles. The Labute approximate surface area is 125 Å². The lowest BCUT2D eigenvalue weighted by Crippen LogP contribution is -2.08. The molecule has 20 heavy (non-hydrogen) atoms. The fourth-order valence-corrected chi connectivity index (χ4v) is 3.36. The molecule has 1 aromatic heterocycles. The molecule has 108 valence electrons. The molecule has 1 N–H and O–H groups in total. The first-order chi connectivity index (χ1) is 9.58. The number of hydrogen-bond donors (Lipinski definition) is 1. The minimum Gasteiger partial charge on any atom is -0.494 e. The lowest BCUT2D eigenvalue weighted by molar-refractivity contribution is 0.386. The number of methoxy groups -OCH3 is 1. The van der Waals surface area contributed by atoms with Gasteiger partial charge in [-0.1, -0.05) is 29.2 Å². The Bertz CT molecular complexity index is 574. The van der Waals surface area contributed by atoms with E-state index in [1.807, 2.05) is 19.9 Å². The van der Waals surface area contributed by atoms with Crippen molar-refractivity contribution in [3.05, 3.63) is 29.6 Å². The van der Waals surface area contributed by atoms with Crippen LogP contribution in [0.5, 0.6) is 5.75 Å². The summed E-state index contributed by atoms with van der Waals surface area (Å²) >= 11 is 3.04. The molecule has 0 saturated heterocycles. The Morgan fingerprint density at radius 1 is 1.40 bits per heavy atom. The molecule has 0 aliphatic rings. The van der Waals surface area contributed by atoms with E-state index in [1.54, 1.807) is 17.8 Å². The molecule has 0 unspecified atom stereocenters. The van der Waals surface area contributed by atoms with Crippen LogP contribution in [0.4, 0.5) is 9.52 Å². The Morgan fingerprint density at radius 3 is 2.85 bits per heavy atom. The van der Waals surface area contributed by atoms with Crippen LogP contribution in [0.25, 0.3) is 0 Å². The van der Waals surface area contributed by atoms with Crippen LogP contribution in [0.1, 0.15) is 19.4 Å².